The van der Waals surface area contributed by atoms with Gasteiger partial charge in [-0.2, -0.15) is 0 Å². The second-order valence-electron chi connectivity index (χ2n) is 5.89. The zero-order valence-electron chi connectivity index (χ0n) is 15.0. The molecule has 0 fully saturated rings. The molecular weight excluding hydrogens is 442 g/mol. The second-order valence-corrected chi connectivity index (χ2v) is 7.57. The zero-order valence-corrected chi connectivity index (χ0v) is 18.0. The molecule has 2 aromatic carbocycles. The summed E-state index contributed by atoms with van der Waals surface area (Å²) < 4.78 is 13.8. The fourth-order valence-electron chi connectivity index (χ4n) is 2.53. The topological polar surface area (TPSA) is 36.3 Å². The van der Waals surface area contributed by atoms with E-state index in [0.29, 0.717) is 37.2 Å². The summed E-state index contributed by atoms with van der Waals surface area (Å²) >= 11 is 24.6. The number of nitrogens with zero attached hydrogens (tertiary/aromatic N) is 2. The van der Waals surface area contributed by atoms with Gasteiger partial charge < -0.3 is 14.0 Å². The first-order chi connectivity index (χ1) is 13.3. The van der Waals surface area contributed by atoms with Crippen LogP contribution in [-0.2, 0) is 4.74 Å². The minimum atomic E-state index is -0.668. The van der Waals surface area contributed by atoms with Crippen molar-refractivity contribution >= 4 is 57.9 Å². The van der Waals surface area contributed by atoms with Crippen molar-refractivity contribution < 1.29 is 9.47 Å². The maximum Gasteiger partial charge on any atom is 0.238 e. The largest absolute Gasteiger partial charge is 0.454 e. The van der Waals surface area contributed by atoms with Crippen molar-refractivity contribution in [2.75, 3.05) is 0 Å². The van der Waals surface area contributed by atoms with Crippen molar-refractivity contribution in [1.82, 2.24) is 9.55 Å². The lowest BCUT2D eigenvalue weighted by Crippen LogP contribution is -2.17. The highest BCUT2D eigenvalue weighted by Gasteiger charge is 2.18. The number of ether oxygens (including phenoxy) is 2. The Morgan fingerprint density at radius 3 is 2.29 bits per heavy atom. The van der Waals surface area contributed by atoms with Crippen LogP contribution in [0.15, 0.2) is 55.1 Å². The van der Waals surface area contributed by atoms with E-state index in [2.05, 4.69) is 4.98 Å². The van der Waals surface area contributed by atoms with Crippen molar-refractivity contribution in [2.45, 2.75) is 20.1 Å². The highest BCUT2D eigenvalue weighted by molar-refractivity contribution is 6.36. The van der Waals surface area contributed by atoms with Gasteiger partial charge in [-0.05, 0) is 43.3 Å². The molecule has 0 bridgehead atoms. The van der Waals surface area contributed by atoms with Gasteiger partial charge in [-0.15, -0.1) is 0 Å². The van der Waals surface area contributed by atoms with Crippen molar-refractivity contribution in [2.24, 2.45) is 0 Å². The van der Waals surface area contributed by atoms with Crippen LogP contribution in [0.5, 0.6) is 5.75 Å². The average molecular weight is 458 g/mol. The number of benzene rings is 2. The lowest BCUT2D eigenvalue weighted by atomic mass is 10.1. The smallest absolute Gasteiger partial charge is 0.238 e. The Bertz CT molecular complexity index is 1000. The predicted molar refractivity (Wildman–Crippen MR) is 115 cm³/mol. The molecule has 0 amide bonds. The molecule has 1 heterocycles. The van der Waals surface area contributed by atoms with E-state index in [-0.39, 0.29) is 0 Å². The molecule has 1 unspecified atom stereocenters. The summed E-state index contributed by atoms with van der Waals surface area (Å²) in [5.74, 6) is 0.984. The van der Waals surface area contributed by atoms with E-state index in [1.807, 2.05) is 17.7 Å². The van der Waals surface area contributed by atoms with E-state index < -0.39 is 6.29 Å². The van der Waals surface area contributed by atoms with E-state index in [9.17, 15) is 0 Å². The molecule has 8 heteroatoms. The summed E-state index contributed by atoms with van der Waals surface area (Å²) in [6, 6.07) is 10.2. The first-order valence-corrected chi connectivity index (χ1v) is 9.79. The summed E-state index contributed by atoms with van der Waals surface area (Å²) in [5.41, 5.74) is 1.45. The molecular formula is C20H16Cl4N2O2. The highest BCUT2D eigenvalue weighted by atomic mass is 35.5. The van der Waals surface area contributed by atoms with Crippen molar-refractivity contribution in [3.8, 4) is 5.75 Å². The van der Waals surface area contributed by atoms with Gasteiger partial charge in [0, 0.05) is 34.9 Å². The second kappa shape index (κ2) is 9.10. The molecule has 1 atom stereocenters. The fraction of sp³-hybridized carbons (Fsp3) is 0.150. The van der Waals surface area contributed by atoms with Gasteiger partial charge in [0.05, 0.1) is 22.1 Å². The monoisotopic (exact) mass is 456 g/mol. The molecule has 3 rings (SSSR count). The number of imidazole rings is 1. The van der Waals surface area contributed by atoms with Crippen molar-refractivity contribution in [1.29, 1.82) is 0 Å². The van der Waals surface area contributed by atoms with E-state index in [1.54, 1.807) is 55.8 Å². The van der Waals surface area contributed by atoms with Gasteiger partial charge >= 0.3 is 0 Å². The Morgan fingerprint density at radius 2 is 1.68 bits per heavy atom. The van der Waals surface area contributed by atoms with Crippen LogP contribution in [0.2, 0.25) is 20.1 Å². The van der Waals surface area contributed by atoms with Crippen LogP contribution in [0.25, 0.3) is 11.5 Å². The first-order valence-electron chi connectivity index (χ1n) is 8.28. The minimum Gasteiger partial charge on any atom is -0.454 e. The molecule has 0 radical (unpaired) electrons. The normalized spacial score (nSPS) is 13.1. The molecule has 0 N–H and O–H groups in total. The van der Waals surface area contributed by atoms with Crippen LogP contribution in [0.4, 0.5) is 0 Å². The Balaban J connectivity index is 1.94. The standard InChI is InChI=1S/C20H16Cl4N2O2/c1-12(26-8-7-25-11-26)20(16-5-3-14(21)9-17(16)23)28-13(2)27-19-6-4-15(22)10-18(19)24/h3-11,13H,1-2H3/b20-12+. The average Bonchev–Trinajstić information content (AvgIpc) is 3.17. The molecule has 0 spiro atoms. The molecule has 0 saturated carbocycles. The Kier molecular flexibility index (Phi) is 6.78. The maximum atomic E-state index is 6.42. The van der Waals surface area contributed by atoms with Gasteiger partial charge in [0.25, 0.3) is 0 Å². The maximum absolute atomic E-state index is 6.42. The van der Waals surface area contributed by atoms with E-state index in [0.717, 1.165) is 5.70 Å². The van der Waals surface area contributed by atoms with Crippen LogP contribution < -0.4 is 4.74 Å². The third-order valence-electron chi connectivity index (χ3n) is 3.87. The number of rotatable bonds is 6. The van der Waals surface area contributed by atoms with E-state index >= 15 is 0 Å². The van der Waals surface area contributed by atoms with Gasteiger partial charge in [0.1, 0.15) is 5.75 Å². The number of halogens is 4. The van der Waals surface area contributed by atoms with E-state index in [4.69, 9.17) is 55.9 Å². The van der Waals surface area contributed by atoms with Crippen molar-refractivity contribution in [3.63, 3.8) is 0 Å². The number of hydrogen-bond acceptors (Lipinski definition) is 3. The first kappa shape index (κ1) is 20.9. The Hall–Kier alpha value is -1.85. The van der Waals surface area contributed by atoms with Crippen LogP contribution >= 0.6 is 46.4 Å². The number of aromatic nitrogens is 2. The third-order valence-corrected chi connectivity index (χ3v) is 4.95. The molecule has 146 valence electrons. The van der Waals surface area contributed by atoms with Crippen LogP contribution in [0, 0.1) is 0 Å². The van der Waals surface area contributed by atoms with Crippen LogP contribution in [0.1, 0.15) is 19.4 Å². The summed E-state index contributed by atoms with van der Waals surface area (Å²) in [6.45, 7) is 3.65. The Morgan fingerprint density at radius 1 is 1.00 bits per heavy atom. The van der Waals surface area contributed by atoms with E-state index in [1.165, 1.54) is 0 Å². The highest BCUT2D eigenvalue weighted by Crippen LogP contribution is 2.34. The predicted octanol–water partition coefficient (Wildman–Crippen LogP) is 7.28. The zero-order chi connectivity index (χ0) is 20.3. The molecule has 0 aliphatic carbocycles. The Labute approximate surface area is 183 Å². The number of hydrogen-bond donors (Lipinski definition) is 0. The molecule has 0 aliphatic heterocycles. The van der Waals surface area contributed by atoms with Crippen LogP contribution in [0.3, 0.4) is 0 Å². The molecule has 3 aromatic rings. The molecule has 0 aliphatic rings. The summed E-state index contributed by atoms with van der Waals surface area (Å²) in [5, 5.41) is 1.91. The third kappa shape index (κ3) is 4.95. The summed E-state index contributed by atoms with van der Waals surface area (Å²) in [4.78, 5) is 4.08. The molecule has 1 aromatic heterocycles. The van der Waals surface area contributed by atoms with Crippen LogP contribution in [-0.4, -0.2) is 15.8 Å². The number of allylic oxidation sites excluding steroid dienone is 1. The van der Waals surface area contributed by atoms with Gasteiger partial charge in [-0.3, -0.25) is 0 Å². The quantitative estimate of drug-likeness (QED) is 0.288. The van der Waals surface area contributed by atoms with Gasteiger partial charge in [0.15, 0.2) is 5.76 Å². The fourth-order valence-corrected chi connectivity index (χ4v) is 3.48. The van der Waals surface area contributed by atoms with Gasteiger partial charge in [-0.25, -0.2) is 4.98 Å². The molecule has 4 nitrogen and oxygen atoms in total. The summed E-state index contributed by atoms with van der Waals surface area (Å²) in [6.07, 6.45) is 4.49. The molecule has 0 saturated heterocycles. The lowest BCUT2D eigenvalue weighted by Gasteiger charge is -2.22. The summed E-state index contributed by atoms with van der Waals surface area (Å²) in [7, 11) is 0. The SMILES string of the molecule is C/C(=C(\OC(C)Oc1ccc(Cl)cc1Cl)c1ccc(Cl)cc1Cl)n1ccnc1. The van der Waals surface area contributed by atoms with Gasteiger partial charge in [-0.1, -0.05) is 46.4 Å². The lowest BCUT2D eigenvalue weighted by molar-refractivity contribution is -0.000117. The molecule has 28 heavy (non-hydrogen) atoms. The van der Waals surface area contributed by atoms with Crippen molar-refractivity contribution in [3.05, 3.63) is 80.8 Å². The minimum absolute atomic E-state index is 0.393. The van der Waals surface area contributed by atoms with Gasteiger partial charge in [0.2, 0.25) is 6.29 Å².